The number of nitrogens with two attached hydrogens (primary N) is 2. The minimum atomic E-state index is 0.0495. The Morgan fingerprint density at radius 2 is 1.04 bits per heavy atom. The summed E-state index contributed by atoms with van der Waals surface area (Å²) in [5.41, 5.74) is 16.5. The highest BCUT2D eigenvalue weighted by Gasteiger charge is 2.07. The largest absolute Gasteiger partial charge is 0.497 e. The van der Waals surface area contributed by atoms with E-state index in [1.54, 1.807) is 7.11 Å². The Hall–Kier alpha value is -3.60. The first-order valence-corrected chi connectivity index (χ1v) is 8.06. The number of amidine groups is 2. The summed E-state index contributed by atoms with van der Waals surface area (Å²) in [6, 6.07) is 21.1. The lowest BCUT2D eigenvalue weighted by molar-refractivity contribution is 0.415. The minimum absolute atomic E-state index is 0.0495. The third kappa shape index (κ3) is 3.57. The summed E-state index contributed by atoms with van der Waals surface area (Å²) >= 11 is 0. The second-order valence-electron chi connectivity index (χ2n) is 5.93. The van der Waals surface area contributed by atoms with E-state index in [2.05, 4.69) is 6.07 Å². The van der Waals surface area contributed by atoms with Crippen LogP contribution in [0.3, 0.4) is 0 Å². The van der Waals surface area contributed by atoms with E-state index < -0.39 is 0 Å². The maximum Gasteiger partial charge on any atom is 0.122 e. The van der Waals surface area contributed by atoms with Crippen LogP contribution in [0.15, 0.2) is 66.7 Å². The molecule has 0 aliphatic rings. The summed E-state index contributed by atoms with van der Waals surface area (Å²) in [7, 11) is 1.64. The molecule has 0 unspecified atom stereocenters. The van der Waals surface area contributed by atoms with E-state index >= 15 is 0 Å². The standard InChI is InChI=1S/C21H20N4O/c1-26-19-11-17(13-2-6-15(7-3-13)20(22)23)10-18(12-19)14-4-8-16(9-5-14)21(24)25/h2-12H,1H3,(H3,22,23)(H3,24,25). The number of hydrogen-bond acceptors (Lipinski definition) is 3. The van der Waals surface area contributed by atoms with Crippen LogP contribution in [0.5, 0.6) is 5.75 Å². The van der Waals surface area contributed by atoms with Crippen molar-refractivity contribution >= 4 is 11.7 Å². The Kier molecular flexibility index (Phi) is 4.71. The predicted molar refractivity (Wildman–Crippen MR) is 106 cm³/mol. The Bertz CT molecular complexity index is 885. The molecule has 0 aliphatic carbocycles. The molecule has 6 N–H and O–H groups in total. The Morgan fingerprint density at radius 1 is 0.654 bits per heavy atom. The van der Waals surface area contributed by atoms with Crippen molar-refractivity contribution in [3.63, 3.8) is 0 Å². The van der Waals surface area contributed by atoms with E-state index in [0.717, 1.165) is 28.0 Å². The average Bonchev–Trinajstić information content (AvgIpc) is 2.67. The minimum Gasteiger partial charge on any atom is -0.497 e. The van der Waals surface area contributed by atoms with Crippen LogP contribution in [-0.2, 0) is 0 Å². The first-order chi connectivity index (χ1) is 12.5. The SMILES string of the molecule is COc1cc(-c2ccc(C(=N)N)cc2)cc(-c2ccc(C(=N)N)cc2)c1. The van der Waals surface area contributed by atoms with Gasteiger partial charge in [-0.3, -0.25) is 10.8 Å². The lowest BCUT2D eigenvalue weighted by atomic mass is 9.97. The summed E-state index contributed by atoms with van der Waals surface area (Å²) < 4.78 is 5.45. The van der Waals surface area contributed by atoms with Gasteiger partial charge in [-0.2, -0.15) is 0 Å². The quantitative estimate of drug-likeness (QED) is 0.419. The molecular weight excluding hydrogens is 324 g/mol. The van der Waals surface area contributed by atoms with Gasteiger partial charge in [-0.25, -0.2) is 0 Å². The van der Waals surface area contributed by atoms with Crippen molar-refractivity contribution in [1.29, 1.82) is 10.8 Å². The molecule has 3 aromatic carbocycles. The molecule has 0 saturated carbocycles. The van der Waals surface area contributed by atoms with Gasteiger partial charge in [0.25, 0.3) is 0 Å². The summed E-state index contributed by atoms with van der Waals surface area (Å²) in [5.74, 6) is 0.852. The maximum absolute atomic E-state index is 7.50. The molecule has 3 aromatic rings. The monoisotopic (exact) mass is 344 g/mol. The first-order valence-electron chi connectivity index (χ1n) is 8.06. The van der Waals surface area contributed by atoms with Gasteiger partial charge in [0, 0.05) is 11.1 Å². The summed E-state index contributed by atoms with van der Waals surface area (Å²) in [6.07, 6.45) is 0. The van der Waals surface area contributed by atoms with Crippen LogP contribution in [0.4, 0.5) is 0 Å². The fourth-order valence-electron chi connectivity index (χ4n) is 2.73. The van der Waals surface area contributed by atoms with Gasteiger partial charge in [0.2, 0.25) is 0 Å². The number of nitrogens with one attached hydrogen (secondary N) is 2. The molecule has 5 heteroatoms. The molecule has 5 nitrogen and oxygen atoms in total. The Labute approximate surface area is 152 Å². The summed E-state index contributed by atoms with van der Waals surface area (Å²) in [5, 5.41) is 15.0. The molecule has 0 radical (unpaired) electrons. The zero-order valence-corrected chi connectivity index (χ0v) is 14.4. The van der Waals surface area contributed by atoms with E-state index in [1.165, 1.54) is 0 Å². The van der Waals surface area contributed by atoms with Crippen molar-refractivity contribution in [3.8, 4) is 28.0 Å². The molecule has 0 aromatic heterocycles. The number of rotatable bonds is 5. The van der Waals surface area contributed by atoms with Crippen LogP contribution in [-0.4, -0.2) is 18.8 Å². The van der Waals surface area contributed by atoms with Crippen molar-refractivity contribution in [1.82, 2.24) is 0 Å². The van der Waals surface area contributed by atoms with Crippen molar-refractivity contribution < 1.29 is 4.74 Å². The predicted octanol–water partition coefficient (Wildman–Crippen LogP) is 3.60. The molecule has 0 atom stereocenters. The third-order valence-electron chi connectivity index (χ3n) is 4.20. The molecule has 0 spiro atoms. The molecule has 0 aliphatic heterocycles. The van der Waals surface area contributed by atoms with Gasteiger partial charge in [0.1, 0.15) is 17.4 Å². The molecule has 0 fully saturated rings. The molecular formula is C21H20N4O. The highest BCUT2D eigenvalue weighted by molar-refractivity contribution is 5.96. The maximum atomic E-state index is 7.50. The highest BCUT2D eigenvalue weighted by atomic mass is 16.5. The fraction of sp³-hybridized carbons (Fsp3) is 0.0476. The van der Waals surface area contributed by atoms with Gasteiger partial charge in [-0.15, -0.1) is 0 Å². The Morgan fingerprint density at radius 3 is 1.35 bits per heavy atom. The second kappa shape index (κ2) is 7.11. The van der Waals surface area contributed by atoms with Gasteiger partial charge >= 0.3 is 0 Å². The number of ether oxygens (including phenoxy) is 1. The molecule has 130 valence electrons. The molecule has 0 heterocycles. The van der Waals surface area contributed by atoms with Gasteiger partial charge in [-0.05, 0) is 40.5 Å². The lowest BCUT2D eigenvalue weighted by Crippen LogP contribution is -2.10. The number of methoxy groups -OCH3 is 1. The molecule has 3 rings (SSSR count). The van der Waals surface area contributed by atoms with E-state index in [4.69, 9.17) is 27.0 Å². The average molecular weight is 344 g/mol. The molecule has 0 saturated heterocycles. The number of hydrogen-bond donors (Lipinski definition) is 4. The van der Waals surface area contributed by atoms with Gasteiger partial charge < -0.3 is 16.2 Å². The number of nitrogen functional groups attached to an aromatic ring is 2. The zero-order chi connectivity index (χ0) is 18.7. The third-order valence-corrected chi connectivity index (χ3v) is 4.20. The van der Waals surface area contributed by atoms with Crippen LogP contribution in [0, 0.1) is 10.8 Å². The van der Waals surface area contributed by atoms with Crippen LogP contribution in [0.25, 0.3) is 22.3 Å². The van der Waals surface area contributed by atoms with Crippen LogP contribution in [0.1, 0.15) is 11.1 Å². The van der Waals surface area contributed by atoms with Gasteiger partial charge in [-0.1, -0.05) is 48.5 Å². The summed E-state index contributed by atoms with van der Waals surface area (Å²) in [6.45, 7) is 0. The lowest BCUT2D eigenvalue weighted by Gasteiger charge is -2.11. The van der Waals surface area contributed by atoms with E-state index in [0.29, 0.717) is 11.1 Å². The van der Waals surface area contributed by atoms with Crippen molar-refractivity contribution in [2.24, 2.45) is 11.5 Å². The number of benzene rings is 3. The smallest absolute Gasteiger partial charge is 0.122 e. The van der Waals surface area contributed by atoms with Crippen LogP contribution in [0.2, 0.25) is 0 Å². The van der Waals surface area contributed by atoms with E-state index in [-0.39, 0.29) is 11.7 Å². The summed E-state index contributed by atoms with van der Waals surface area (Å²) in [4.78, 5) is 0. The topological polar surface area (TPSA) is 109 Å². The van der Waals surface area contributed by atoms with E-state index in [1.807, 2.05) is 60.7 Å². The van der Waals surface area contributed by atoms with Gasteiger partial charge in [0.05, 0.1) is 7.11 Å². The zero-order valence-electron chi connectivity index (χ0n) is 14.4. The van der Waals surface area contributed by atoms with Crippen molar-refractivity contribution in [2.75, 3.05) is 7.11 Å². The van der Waals surface area contributed by atoms with Crippen molar-refractivity contribution in [2.45, 2.75) is 0 Å². The van der Waals surface area contributed by atoms with Crippen molar-refractivity contribution in [3.05, 3.63) is 77.9 Å². The molecule has 0 bridgehead atoms. The second-order valence-corrected chi connectivity index (χ2v) is 5.93. The van der Waals surface area contributed by atoms with Gasteiger partial charge in [0.15, 0.2) is 0 Å². The molecule has 26 heavy (non-hydrogen) atoms. The Balaban J connectivity index is 2.03. The normalized spacial score (nSPS) is 10.3. The fourth-order valence-corrected chi connectivity index (χ4v) is 2.73. The van der Waals surface area contributed by atoms with Crippen LogP contribution < -0.4 is 16.2 Å². The molecule has 0 amide bonds. The first kappa shape index (κ1) is 17.2. The van der Waals surface area contributed by atoms with E-state index in [9.17, 15) is 0 Å². The highest BCUT2D eigenvalue weighted by Crippen LogP contribution is 2.31. The van der Waals surface area contributed by atoms with Crippen LogP contribution >= 0.6 is 0 Å².